The molecule has 1 saturated heterocycles. The van der Waals surface area contributed by atoms with Crippen molar-refractivity contribution in [3.05, 3.63) is 48.0 Å². The van der Waals surface area contributed by atoms with E-state index in [0.29, 0.717) is 36.0 Å². The lowest BCUT2D eigenvalue weighted by Crippen LogP contribution is -2.38. The molecule has 0 spiro atoms. The molecule has 3 rings (SSSR count). The summed E-state index contributed by atoms with van der Waals surface area (Å²) < 4.78 is 22.0. The molecule has 0 aromatic heterocycles. The van der Waals surface area contributed by atoms with Gasteiger partial charge in [-0.1, -0.05) is 30.3 Å². The number of methoxy groups -OCH3 is 3. The summed E-state index contributed by atoms with van der Waals surface area (Å²) in [5.74, 6) is 1.47. The van der Waals surface area contributed by atoms with Crippen molar-refractivity contribution < 1.29 is 23.7 Å². The van der Waals surface area contributed by atoms with Gasteiger partial charge < -0.3 is 29.2 Å². The van der Waals surface area contributed by atoms with E-state index >= 15 is 0 Å². The molecule has 1 N–H and O–H groups in total. The topological polar surface area (TPSA) is 69.3 Å². The summed E-state index contributed by atoms with van der Waals surface area (Å²) in [6.45, 7) is 3.26. The number of carbonyl (C=O) groups excluding carboxylic acids is 1. The van der Waals surface area contributed by atoms with Crippen LogP contribution in [-0.4, -0.2) is 57.9 Å². The van der Waals surface area contributed by atoms with E-state index in [1.54, 1.807) is 33.5 Å². The Morgan fingerprint density at radius 3 is 2.23 bits per heavy atom. The monoisotopic (exact) mass is 428 g/mol. The number of hydrogen-bond donors (Lipinski definition) is 1. The highest BCUT2D eigenvalue weighted by Gasteiger charge is 2.20. The molecule has 0 saturated carbocycles. The summed E-state index contributed by atoms with van der Waals surface area (Å²) in [6, 6.07) is 13.7. The average Bonchev–Trinajstić information content (AvgIpc) is 2.82. The third kappa shape index (κ3) is 6.60. The molecule has 1 heterocycles. The Bertz CT molecular complexity index is 810. The van der Waals surface area contributed by atoms with Crippen molar-refractivity contribution in [1.29, 1.82) is 0 Å². The Morgan fingerprint density at radius 2 is 1.65 bits per heavy atom. The van der Waals surface area contributed by atoms with Gasteiger partial charge in [-0.25, -0.2) is 0 Å². The number of nitrogens with one attached hydrogen (secondary N) is 1. The number of rotatable bonds is 10. The van der Waals surface area contributed by atoms with Crippen molar-refractivity contribution in [3.8, 4) is 17.2 Å². The van der Waals surface area contributed by atoms with E-state index in [9.17, 15) is 4.79 Å². The molecule has 1 aliphatic heterocycles. The van der Waals surface area contributed by atoms with Gasteiger partial charge in [-0.2, -0.15) is 0 Å². The Morgan fingerprint density at radius 1 is 1.00 bits per heavy atom. The van der Waals surface area contributed by atoms with Gasteiger partial charge in [-0.3, -0.25) is 4.79 Å². The first kappa shape index (κ1) is 22.9. The molecular weight excluding hydrogens is 396 g/mol. The SMILES string of the molecule is COc1cc(NC(=O)CCN2CCC(OCc3ccccc3)CC2)cc(OC)c1OC. The summed E-state index contributed by atoms with van der Waals surface area (Å²) >= 11 is 0. The molecule has 1 amide bonds. The van der Waals surface area contributed by atoms with Crippen molar-refractivity contribution in [1.82, 2.24) is 4.90 Å². The molecule has 2 aromatic carbocycles. The maximum absolute atomic E-state index is 12.5. The summed E-state index contributed by atoms with van der Waals surface area (Å²) in [5.41, 5.74) is 1.82. The fourth-order valence-corrected chi connectivity index (χ4v) is 3.72. The maximum atomic E-state index is 12.5. The molecule has 0 unspecified atom stereocenters. The van der Waals surface area contributed by atoms with Crippen LogP contribution in [0.3, 0.4) is 0 Å². The average molecular weight is 429 g/mol. The number of ether oxygens (including phenoxy) is 4. The number of amides is 1. The highest BCUT2D eigenvalue weighted by molar-refractivity contribution is 5.91. The third-order valence-corrected chi connectivity index (χ3v) is 5.47. The van der Waals surface area contributed by atoms with Gasteiger partial charge in [-0.05, 0) is 18.4 Å². The van der Waals surface area contributed by atoms with Crippen molar-refractivity contribution in [2.24, 2.45) is 0 Å². The Kier molecular flexibility index (Phi) is 8.55. The zero-order chi connectivity index (χ0) is 22.1. The lowest BCUT2D eigenvalue weighted by atomic mass is 10.1. The standard InChI is InChI=1S/C24H32N2O5/c1-28-21-15-19(16-22(29-2)24(21)30-3)25-23(27)11-14-26-12-9-20(10-13-26)31-17-18-7-5-4-6-8-18/h4-8,15-16,20H,9-14,17H2,1-3H3,(H,25,27). The minimum Gasteiger partial charge on any atom is -0.493 e. The van der Waals surface area contributed by atoms with Crippen LogP contribution in [0.2, 0.25) is 0 Å². The summed E-state index contributed by atoms with van der Waals surface area (Å²) in [7, 11) is 4.65. The van der Waals surface area contributed by atoms with Crippen LogP contribution < -0.4 is 19.5 Å². The zero-order valence-corrected chi connectivity index (χ0v) is 18.6. The molecule has 0 aliphatic carbocycles. The van der Waals surface area contributed by atoms with Gasteiger partial charge in [0.15, 0.2) is 11.5 Å². The van der Waals surface area contributed by atoms with Crippen molar-refractivity contribution >= 4 is 11.6 Å². The van der Waals surface area contributed by atoms with Gasteiger partial charge in [0.1, 0.15) is 0 Å². The van der Waals surface area contributed by atoms with E-state index < -0.39 is 0 Å². The number of likely N-dealkylation sites (tertiary alicyclic amines) is 1. The van der Waals surface area contributed by atoms with E-state index in [2.05, 4.69) is 22.3 Å². The summed E-state index contributed by atoms with van der Waals surface area (Å²) in [6.07, 6.45) is 2.68. The molecule has 1 fully saturated rings. The van der Waals surface area contributed by atoms with Gasteiger partial charge in [0.25, 0.3) is 0 Å². The number of carbonyl (C=O) groups is 1. The molecule has 1 aliphatic rings. The molecule has 31 heavy (non-hydrogen) atoms. The minimum absolute atomic E-state index is 0.0447. The summed E-state index contributed by atoms with van der Waals surface area (Å²) in [4.78, 5) is 14.8. The molecule has 0 radical (unpaired) electrons. The van der Waals surface area contributed by atoms with Gasteiger partial charge in [0.2, 0.25) is 11.7 Å². The number of benzene rings is 2. The second kappa shape index (κ2) is 11.6. The van der Waals surface area contributed by atoms with Crippen LogP contribution in [0, 0.1) is 0 Å². The highest BCUT2D eigenvalue weighted by atomic mass is 16.5. The number of hydrogen-bond acceptors (Lipinski definition) is 6. The fourth-order valence-electron chi connectivity index (χ4n) is 3.72. The molecule has 7 nitrogen and oxygen atoms in total. The third-order valence-electron chi connectivity index (χ3n) is 5.47. The fraction of sp³-hybridized carbons (Fsp3) is 0.458. The van der Waals surface area contributed by atoms with Crippen LogP contribution in [0.5, 0.6) is 17.2 Å². The number of anilines is 1. The van der Waals surface area contributed by atoms with E-state index in [-0.39, 0.29) is 12.0 Å². The highest BCUT2D eigenvalue weighted by Crippen LogP contribution is 2.39. The largest absolute Gasteiger partial charge is 0.493 e. The van der Waals surface area contributed by atoms with Crippen LogP contribution in [-0.2, 0) is 16.1 Å². The van der Waals surface area contributed by atoms with Crippen LogP contribution in [0.4, 0.5) is 5.69 Å². The molecule has 0 atom stereocenters. The van der Waals surface area contributed by atoms with Crippen molar-refractivity contribution in [2.45, 2.75) is 32.0 Å². The molecule has 7 heteroatoms. The van der Waals surface area contributed by atoms with E-state index in [4.69, 9.17) is 18.9 Å². The normalized spacial score (nSPS) is 14.8. The predicted octanol–water partition coefficient (Wildman–Crippen LogP) is 3.72. The van der Waals surface area contributed by atoms with Crippen molar-refractivity contribution in [2.75, 3.05) is 46.3 Å². The smallest absolute Gasteiger partial charge is 0.225 e. The lowest BCUT2D eigenvalue weighted by Gasteiger charge is -2.31. The molecular formula is C24H32N2O5. The molecule has 2 aromatic rings. The second-order valence-electron chi connectivity index (χ2n) is 7.55. The zero-order valence-electron chi connectivity index (χ0n) is 18.6. The first-order valence-corrected chi connectivity index (χ1v) is 10.6. The Hall–Kier alpha value is -2.77. The van der Waals surface area contributed by atoms with Crippen LogP contribution >= 0.6 is 0 Å². The summed E-state index contributed by atoms with van der Waals surface area (Å²) in [5, 5.41) is 2.92. The predicted molar refractivity (Wildman–Crippen MR) is 120 cm³/mol. The van der Waals surface area contributed by atoms with Gasteiger partial charge in [-0.15, -0.1) is 0 Å². The minimum atomic E-state index is -0.0447. The number of nitrogens with zero attached hydrogens (tertiary/aromatic N) is 1. The van der Waals surface area contributed by atoms with E-state index in [0.717, 1.165) is 32.5 Å². The van der Waals surface area contributed by atoms with Crippen LogP contribution in [0.1, 0.15) is 24.8 Å². The van der Waals surface area contributed by atoms with E-state index in [1.807, 2.05) is 18.2 Å². The first-order chi connectivity index (χ1) is 15.1. The quantitative estimate of drug-likeness (QED) is 0.622. The number of piperidine rings is 1. The van der Waals surface area contributed by atoms with E-state index in [1.165, 1.54) is 5.56 Å². The molecule has 0 bridgehead atoms. The van der Waals surface area contributed by atoms with Crippen molar-refractivity contribution in [3.63, 3.8) is 0 Å². The van der Waals surface area contributed by atoms with Gasteiger partial charge in [0, 0.05) is 43.9 Å². The lowest BCUT2D eigenvalue weighted by molar-refractivity contribution is -0.116. The molecule has 168 valence electrons. The van der Waals surface area contributed by atoms with Crippen LogP contribution in [0.15, 0.2) is 42.5 Å². The first-order valence-electron chi connectivity index (χ1n) is 10.6. The Balaban J connectivity index is 1.41. The van der Waals surface area contributed by atoms with Crippen LogP contribution in [0.25, 0.3) is 0 Å². The second-order valence-corrected chi connectivity index (χ2v) is 7.55. The van der Waals surface area contributed by atoms with Gasteiger partial charge in [0.05, 0.1) is 34.0 Å². The van der Waals surface area contributed by atoms with Gasteiger partial charge >= 0.3 is 0 Å². The Labute approximate surface area is 184 Å². The maximum Gasteiger partial charge on any atom is 0.225 e.